The molecule has 1 saturated carbocycles. The van der Waals surface area contributed by atoms with Gasteiger partial charge in [-0.3, -0.25) is 4.79 Å². The topological polar surface area (TPSA) is 64.2 Å². The van der Waals surface area contributed by atoms with Gasteiger partial charge in [0.1, 0.15) is 5.76 Å². The van der Waals surface area contributed by atoms with Crippen LogP contribution >= 0.6 is 11.8 Å². The van der Waals surface area contributed by atoms with Gasteiger partial charge in [-0.05, 0) is 44.6 Å². The molecule has 1 saturated heterocycles. The van der Waals surface area contributed by atoms with Crippen molar-refractivity contribution >= 4 is 17.7 Å². The van der Waals surface area contributed by atoms with Gasteiger partial charge in [-0.25, -0.2) is 0 Å². The molecule has 2 fully saturated rings. The van der Waals surface area contributed by atoms with Crippen LogP contribution in [0.15, 0.2) is 21.9 Å². The van der Waals surface area contributed by atoms with Gasteiger partial charge >= 0.3 is 0 Å². The van der Waals surface area contributed by atoms with Gasteiger partial charge in [0, 0.05) is 19.6 Å². The van der Waals surface area contributed by atoms with Crippen molar-refractivity contribution in [1.29, 1.82) is 0 Å². The number of likely N-dealkylation sites (tertiary alicyclic amines) is 1. The van der Waals surface area contributed by atoms with Crippen LogP contribution in [0, 0.1) is 12.8 Å². The average molecular weight is 375 g/mol. The maximum absolute atomic E-state index is 12.9. The lowest BCUT2D eigenvalue weighted by molar-refractivity contribution is -0.134. The van der Waals surface area contributed by atoms with E-state index in [1.807, 2.05) is 24.6 Å². The summed E-state index contributed by atoms with van der Waals surface area (Å²) in [5.41, 5.74) is 0.944. The number of carbonyl (C=O) groups is 1. The van der Waals surface area contributed by atoms with Crippen LogP contribution in [0.2, 0.25) is 0 Å². The fourth-order valence-electron chi connectivity index (χ4n) is 4.44. The minimum atomic E-state index is 0.246. The number of aromatic nitrogens is 3. The largest absolute Gasteiger partial charge is 0.469 e. The third-order valence-electron chi connectivity index (χ3n) is 5.82. The first kappa shape index (κ1) is 17.6. The molecule has 1 aliphatic heterocycles. The molecule has 2 aromatic heterocycles. The van der Waals surface area contributed by atoms with E-state index in [4.69, 9.17) is 4.42 Å². The molecule has 0 radical (unpaired) electrons. The van der Waals surface area contributed by atoms with Crippen molar-refractivity contribution in [1.82, 2.24) is 19.7 Å². The summed E-state index contributed by atoms with van der Waals surface area (Å²) in [7, 11) is 1.94. The summed E-state index contributed by atoms with van der Waals surface area (Å²) in [5, 5.41) is 9.33. The minimum absolute atomic E-state index is 0.246. The number of fused-ring (bicyclic) bond motifs is 1. The SMILES string of the molecule is Cc1occc1-c1nnc(SCC(=O)N2CCC[C@H]3CCCC[C@H]32)n1C. The summed E-state index contributed by atoms with van der Waals surface area (Å²) in [6, 6.07) is 2.37. The van der Waals surface area contributed by atoms with Crippen molar-refractivity contribution in [2.24, 2.45) is 13.0 Å². The van der Waals surface area contributed by atoms with Crippen LogP contribution in [-0.4, -0.2) is 43.9 Å². The normalized spacial score (nSPS) is 23.1. The number of thioether (sulfide) groups is 1. The molecule has 2 aromatic rings. The van der Waals surface area contributed by atoms with Crippen LogP contribution in [0.4, 0.5) is 0 Å². The molecule has 2 aliphatic rings. The molecule has 0 bridgehead atoms. The van der Waals surface area contributed by atoms with Crippen LogP contribution in [-0.2, 0) is 11.8 Å². The van der Waals surface area contributed by atoms with Crippen LogP contribution < -0.4 is 0 Å². The molecule has 0 unspecified atom stereocenters. The van der Waals surface area contributed by atoms with E-state index < -0.39 is 0 Å². The highest BCUT2D eigenvalue weighted by Crippen LogP contribution is 2.35. The number of piperidine rings is 1. The van der Waals surface area contributed by atoms with Crippen LogP contribution in [0.1, 0.15) is 44.3 Å². The molecule has 7 heteroatoms. The van der Waals surface area contributed by atoms with Crippen molar-refractivity contribution in [3.63, 3.8) is 0 Å². The lowest BCUT2D eigenvalue weighted by Crippen LogP contribution is -2.50. The number of rotatable bonds is 4. The quantitative estimate of drug-likeness (QED) is 0.764. The molecule has 0 aromatic carbocycles. The molecule has 1 aliphatic carbocycles. The zero-order valence-electron chi connectivity index (χ0n) is 15.5. The maximum Gasteiger partial charge on any atom is 0.233 e. The Labute approximate surface area is 158 Å². The maximum atomic E-state index is 12.9. The predicted octanol–water partition coefficient (Wildman–Crippen LogP) is 3.66. The van der Waals surface area contributed by atoms with E-state index in [1.165, 1.54) is 43.9 Å². The van der Waals surface area contributed by atoms with E-state index in [0.717, 1.165) is 41.2 Å². The Morgan fingerprint density at radius 2 is 2.08 bits per heavy atom. The third-order valence-corrected chi connectivity index (χ3v) is 6.83. The van der Waals surface area contributed by atoms with E-state index in [9.17, 15) is 4.79 Å². The first-order chi connectivity index (χ1) is 12.6. The molecule has 0 spiro atoms. The van der Waals surface area contributed by atoms with Crippen LogP contribution in [0.25, 0.3) is 11.4 Å². The summed E-state index contributed by atoms with van der Waals surface area (Å²) < 4.78 is 7.30. The zero-order chi connectivity index (χ0) is 18.1. The molecule has 6 nitrogen and oxygen atoms in total. The summed E-state index contributed by atoms with van der Waals surface area (Å²) in [6.07, 6.45) is 9.14. The Hall–Kier alpha value is -1.76. The Balaban J connectivity index is 1.42. The smallest absolute Gasteiger partial charge is 0.233 e. The van der Waals surface area contributed by atoms with Gasteiger partial charge in [0.25, 0.3) is 0 Å². The molecule has 4 rings (SSSR count). The number of amides is 1. The highest BCUT2D eigenvalue weighted by atomic mass is 32.2. The third kappa shape index (κ3) is 3.29. The number of hydrogen-bond acceptors (Lipinski definition) is 5. The molecule has 140 valence electrons. The van der Waals surface area contributed by atoms with Crippen LogP contribution in [0.3, 0.4) is 0 Å². The number of hydrogen-bond donors (Lipinski definition) is 0. The van der Waals surface area contributed by atoms with Crippen LogP contribution in [0.5, 0.6) is 0 Å². The Morgan fingerprint density at radius 1 is 1.27 bits per heavy atom. The van der Waals surface area contributed by atoms with Gasteiger partial charge in [0.05, 0.1) is 17.6 Å². The lowest BCUT2D eigenvalue weighted by Gasteiger charge is -2.44. The van der Waals surface area contributed by atoms with Gasteiger partial charge < -0.3 is 13.9 Å². The summed E-state index contributed by atoms with van der Waals surface area (Å²) >= 11 is 1.48. The summed E-state index contributed by atoms with van der Waals surface area (Å²) in [4.78, 5) is 15.0. The predicted molar refractivity (Wildman–Crippen MR) is 101 cm³/mol. The fraction of sp³-hybridized carbons (Fsp3) is 0.632. The second kappa shape index (κ2) is 7.47. The number of furan rings is 1. The Morgan fingerprint density at radius 3 is 2.88 bits per heavy atom. The van der Waals surface area contributed by atoms with Crippen molar-refractivity contribution in [2.45, 2.75) is 56.6 Å². The molecule has 3 heterocycles. The second-order valence-electron chi connectivity index (χ2n) is 7.39. The minimum Gasteiger partial charge on any atom is -0.469 e. The average Bonchev–Trinajstić information content (AvgIpc) is 3.24. The van der Waals surface area contributed by atoms with Crippen molar-refractivity contribution in [3.8, 4) is 11.4 Å². The fourth-order valence-corrected chi connectivity index (χ4v) is 5.23. The highest BCUT2D eigenvalue weighted by molar-refractivity contribution is 7.99. The van der Waals surface area contributed by atoms with Gasteiger partial charge in [0.2, 0.25) is 5.91 Å². The van der Waals surface area contributed by atoms with Gasteiger partial charge in [0.15, 0.2) is 11.0 Å². The van der Waals surface area contributed by atoms with Crippen molar-refractivity contribution in [2.75, 3.05) is 12.3 Å². The molecular weight excluding hydrogens is 348 g/mol. The second-order valence-corrected chi connectivity index (χ2v) is 8.33. The van der Waals surface area contributed by atoms with Crippen molar-refractivity contribution in [3.05, 3.63) is 18.1 Å². The lowest BCUT2D eigenvalue weighted by atomic mass is 9.78. The van der Waals surface area contributed by atoms with E-state index in [-0.39, 0.29) is 5.91 Å². The van der Waals surface area contributed by atoms with E-state index in [0.29, 0.717) is 11.8 Å². The highest BCUT2D eigenvalue weighted by Gasteiger charge is 2.35. The first-order valence-electron chi connectivity index (χ1n) is 9.51. The monoisotopic (exact) mass is 374 g/mol. The van der Waals surface area contributed by atoms with Gasteiger partial charge in [-0.1, -0.05) is 24.6 Å². The number of carbonyl (C=O) groups excluding carboxylic acids is 1. The Kier molecular flexibility index (Phi) is 5.07. The molecule has 26 heavy (non-hydrogen) atoms. The first-order valence-corrected chi connectivity index (χ1v) is 10.5. The van der Waals surface area contributed by atoms with Gasteiger partial charge in [-0.15, -0.1) is 10.2 Å². The number of aryl methyl sites for hydroxylation is 1. The molecule has 2 atom stereocenters. The van der Waals surface area contributed by atoms with E-state index in [2.05, 4.69) is 15.1 Å². The van der Waals surface area contributed by atoms with E-state index in [1.54, 1.807) is 6.26 Å². The Bertz CT molecular complexity index is 782. The summed E-state index contributed by atoms with van der Waals surface area (Å²) in [5.74, 6) is 2.99. The zero-order valence-corrected chi connectivity index (χ0v) is 16.3. The standard InChI is InChI=1S/C19H26N4O2S/c1-13-15(9-11-25-13)18-20-21-19(22(18)2)26-12-17(24)23-10-5-7-14-6-3-4-8-16(14)23/h9,11,14,16H,3-8,10,12H2,1-2H3/t14-,16-/m1/s1. The summed E-state index contributed by atoms with van der Waals surface area (Å²) in [6.45, 7) is 2.83. The molecule has 0 N–H and O–H groups in total. The molecular formula is C19H26N4O2S. The molecule has 1 amide bonds. The van der Waals surface area contributed by atoms with Crippen molar-refractivity contribution < 1.29 is 9.21 Å². The van der Waals surface area contributed by atoms with Gasteiger partial charge in [-0.2, -0.15) is 0 Å². The van der Waals surface area contributed by atoms with E-state index >= 15 is 0 Å². The number of nitrogens with zero attached hydrogens (tertiary/aromatic N) is 4.